The predicted octanol–water partition coefficient (Wildman–Crippen LogP) is 6.17. The number of carbonyl (C=O) groups is 1. The Kier molecular flexibility index (Phi) is 9.05. The largest absolute Gasteiger partial charge is 0.497 e. The summed E-state index contributed by atoms with van der Waals surface area (Å²) < 4.78 is 12.9. The fourth-order valence-corrected chi connectivity index (χ4v) is 6.38. The molecule has 0 aliphatic carbocycles. The Bertz CT molecular complexity index is 1730. The molecule has 1 unspecified atom stereocenters. The average molecular weight is 583 g/mol. The summed E-state index contributed by atoms with van der Waals surface area (Å²) in [5.74, 6) is -0.467. The Morgan fingerprint density at radius 3 is 2.31 bits per heavy atom. The van der Waals surface area contributed by atoms with E-state index < -0.39 is 11.9 Å². The number of pyridine rings is 1. The van der Waals surface area contributed by atoms with Gasteiger partial charge in [-0.05, 0) is 53.7 Å². The van der Waals surface area contributed by atoms with Gasteiger partial charge in [-0.1, -0.05) is 60.7 Å². The van der Waals surface area contributed by atoms with Gasteiger partial charge in [-0.25, -0.2) is 0 Å². The van der Waals surface area contributed by atoms with Gasteiger partial charge in [0.1, 0.15) is 16.3 Å². The molecule has 7 nitrogen and oxygen atoms in total. The van der Waals surface area contributed by atoms with E-state index in [-0.39, 0.29) is 11.8 Å². The second-order valence-electron chi connectivity index (χ2n) is 10.4. The summed E-state index contributed by atoms with van der Waals surface area (Å²) in [4.78, 5) is 29.6. The number of fused-ring (bicyclic) bond motifs is 1. The van der Waals surface area contributed by atoms with Crippen LogP contribution < -0.4 is 14.9 Å². The number of carboxylic acid groups (broad SMARTS) is 1. The predicted molar refractivity (Wildman–Crippen MR) is 167 cm³/mol. The highest BCUT2D eigenvalue weighted by Gasteiger charge is 2.24. The van der Waals surface area contributed by atoms with E-state index in [9.17, 15) is 14.7 Å². The van der Waals surface area contributed by atoms with Crippen LogP contribution in [0.5, 0.6) is 11.5 Å². The third-order valence-corrected chi connectivity index (χ3v) is 8.51. The number of rotatable bonds is 12. The molecule has 0 saturated heterocycles. The van der Waals surface area contributed by atoms with Crippen LogP contribution in [0.2, 0.25) is 0 Å². The van der Waals surface area contributed by atoms with Crippen molar-refractivity contribution in [1.29, 1.82) is 0 Å². The van der Waals surface area contributed by atoms with E-state index in [2.05, 4.69) is 21.6 Å². The minimum absolute atomic E-state index is 0.0670. The quantitative estimate of drug-likeness (QED) is 0.190. The van der Waals surface area contributed by atoms with Crippen LogP contribution in [-0.4, -0.2) is 41.8 Å². The molecule has 0 aliphatic heterocycles. The summed E-state index contributed by atoms with van der Waals surface area (Å²) in [5.41, 5.74) is 4.06. The van der Waals surface area contributed by atoms with Gasteiger partial charge in [0.15, 0.2) is 5.43 Å². The third-order valence-electron chi connectivity index (χ3n) is 7.45. The van der Waals surface area contributed by atoms with Crippen molar-refractivity contribution in [2.75, 3.05) is 21.3 Å². The molecule has 3 aromatic carbocycles. The minimum Gasteiger partial charge on any atom is -0.497 e. The first-order valence-corrected chi connectivity index (χ1v) is 14.6. The van der Waals surface area contributed by atoms with Crippen molar-refractivity contribution in [3.8, 4) is 11.5 Å². The number of aromatic nitrogens is 1. The summed E-state index contributed by atoms with van der Waals surface area (Å²) in [6, 6.07) is 25.0. The Hall–Kier alpha value is -4.40. The normalized spacial score (nSPS) is 12.0. The minimum atomic E-state index is -0.982. The van der Waals surface area contributed by atoms with E-state index in [0.717, 1.165) is 28.3 Å². The van der Waals surface area contributed by atoms with Crippen LogP contribution in [0.4, 0.5) is 0 Å². The molecule has 0 saturated carbocycles. The van der Waals surface area contributed by atoms with Crippen molar-refractivity contribution in [1.82, 2.24) is 9.47 Å². The molecular formula is C34H34N2O5S. The van der Waals surface area contributed by atoms with E-state index in [4.69, 9.17) is 9.47 Å². The molecule has 1 atom stereocenters. The maximum Gasteiger partial charge on any atom is 0.311 e. The van der Waals surface area contributed by atoms with Crippen LogP contribution in [0, 0.1) is 0 Å². The molecule has 5 rings (SSSR count). The molecular weight excluding hydrogens is 548 g/mol. The molecule has 42 heavy (non-hydrogen) atoms. The zero-order valence-electron chi connectivity index (χ0n) is 23.9. The molecule has 8 heteroatoms. The smallest absolute Gasteiger partial charge is 0.311 e. The number of nitrogens with zero attached hydrogens (tertiary/aromatic N) is 2. The van der Waals surface area contributed by atoms with Crippen molar-refractivity contribution >= 4 is 27.5 Å². The first-order valence-electron chi connectivity index (χ1n) is 13.7. The molecule has 0 fully saturated rings. The molecule has 0 amide bonds. The van der Waals surface area contributed by atoms with Gasteiger partial charge in [0.25, 0.3) is 0 Å². The second-order valence-corrected chi connectivity index (χ2v) is 11.2. The van der Waals surface area contributed by atoms with Crippen molar-refractivity contribution in [2.24, 2.45) is 0 Å². The molecule has 0 aliphatic rings. The number of para-hydroxylation sites is 1. The number of carboxylic acids is 1. The summed E-state index contributed by atoms with van der Waals surface area (Å²) in [5, 5.41) is 12.9. The number of ether oxygens (including phenoxy) is 2. The summed E-state index contributed by atoms with van der Waals surface area (Å²) >= 11 is 1.54. The van der Waals surface area contributed by atoms with Crippen molar-refractivity contribution in [3.05, 3.63) is 128 Å². The SMILES string of the molecule is COc1ccc(C(Cc2cn(Cc3ccccc3OC)c3scc(CN(C)Cc4ccccc4)c3c2=O)C(=O)O)cc1. The topological polar surface area (TPSA) is 81.0 Å². The third kappa shape index (κ3) is 6.40. The Morgan fingerprint density at radius 1 is 0.905 bits per heavy atom. The van der Waals surface area contributed by atoms with E-state index in [0.29, 0.717) is 35.4 Å². The molecule has 5 aromatic rings. The zero-order valence-corrected chi connectivity index (χ0v) is 24.8. The first-order chi connectivity index (χ1) is 20.4. The van der Waals surface area contributed by atoms with E-state index in [1.54, 1.807) is 38.5 Å². The number of methoxy groups -OCH3 is 2. The van der Waals surface area contributed by atoms with Crippen LogP contribution in [0.15, 0.2) is 95.2 Å². The highest BCUT2D eigenvalue weighted by atomic mass is 32.1. The second kappa shape index (κ2) is 13.1. The number of aliphatic carboxylic acids is 1. The lowest BCUT2D eigenvalue weighted by Crippen LogP contribution is -2.22. The molecule has 0 radical (unpaired) electrons. The van der Waals surface area contributed by atoms with Crippen LogP contribution in [0.1, 0.15) is 33.7 Å². The highest BCUT2D eigenvalue weighted by molar-refractivity contribution is 7.17. The van der Waals surface area contributed by atoms with E-state index >= 15 is 0 Å². The summed E-state index contributed by atoms with van der Waals surface area (Å²) in [6.45, 7) is 1.81. The van der Waals surface area contributed by atoms with Gasteiger partial charge in [0.05, 0.1) is 32.1 Å². The van der Waals surface area contributed by atoms with Gasteiger partial charge in [-0.3, -0.25) is 14.5 Å². The van der Waals surface area contributed by atoms with Gasteiger partial charge < -0.3 is 19.1 Å². The molecule has 2 heterocycles. The van der Waals surface area contributed by atoms with Gasteiger partial charge >= 0.3 is 5.97 Å². The first kappa shape index (κ1) is 29.1. The highest BCUT2D eigenvalue weighted by Crippen LogP contribution is 2.30. The molecule has 0 bridgehead atoms. The van der Waals surface area contributed by atoms with Gasteiger partial charge in [0, 0.05) is 30.4 Å². The monoisotopic (exact) mass is 582 g/mol. The number of hydrogen-bond donors (Lipinski definition) is 1. The van der Waals surface area contributed by atoms with Crippen LogP contribution in [0.25, 0.3) is 10.2 Å². The van der Waals surface area contributed by atoms with Gasteiger partial charge in [0.2, 0.25) is 0 Å². The summed E-state index contributed by atoms with van der Waals surface area (Å²) in [7, 11) is 5.25. The number of thiophene rings is 1. The lowest BCUT2D eigenvalue weighted by Gasteiger charge is -2.18. The van der Waals surface area contributed by atoms with Crippen LogP contribution in [0.3, 0.4) is 0 Å². The Morgan fingerprint density at radius 2 is 1.62 bits per heavy atom. The fourth-order valence-electron chi connectivity index (χ4n) is 5.34. The molecule has 0 spiro atoms. The lowest BCUT2D eigenvalue weighted by molar-refractivity contribution is -0.138. The van der Waals surface area contributed by atoms with Gasteiger partial charge in [-0.15, -0.1) is 11.3 Å². The maximum absolute atomic E-state index is 14.1. The molecule has 216 valence electrons. The fraction of sp³-hybridized carbons (Fsp3) is 0.235. The van der Waals surface area contributed by atoms with Crippen LogP contribution in [-0.2, 0) is 30.8 Å². The van der Waals surface area contributed by atoms with E-state index in [1.165, 1.54) is 16.9 Å². The van der Waals surface area contributed by atoms with Crippen LogP contribution >= 0.6 is 11.3 Å². The lowest BCUT2D eigenvalue weighted by atomic mass is 9.92. The Balaban J connectivity index is 1.57. The van der Waals surface area contributed by atoms with Crippen molar-refractivity contribution in [2.45, 2.75) is 32.0 Å². The Labute approximate surface area is 249 Å². The standard InChI is InChI=1S/C34H34N2O5S/c1-35(18-23-9-5-4-6-10-23)19-27-22-42-33-31(27)32(37)26(21-36(33)20-25-11-7-8-12-30(25)41-3)17-29(34(38)39)24-13-15-28(40-2)16-14-24/h4-16,21-22,29H,17-20H2,1-3H3,(H,38,39). The number of benzene rings is 3. The summed E-state index contributed by atoms with van der Waals surface area (Å²) in [6.07, 6.45) is 1.89. The molecule has 1 N–H and O–H groups in total. The average Bonchev–Trinajstić information content (AvgIpc) is 3.42. The maximum atomic E-state index is 14.1. The van der Waals surface area contributed by atoms with E-state index in [1.807, 2.05) is 61.1 Å². The zero-order chi connectivity index (χ0) is 29.6. The number of hydrogen-bond acceptors (Lipinski definition) is 6. The van der Waals surface area contributed by atoms with Gasteiger partial charge in [-0.2, -0.15) is 0 Å². The van der Waals surface area contributed by atoms with Crippen molar-refractivity contribution < 1.29 is 19.4 Å². The molecule has 2 aromatic heterocycles. The van der Waals surface area contributed by atoms with Crippen molar-refractivity contribution in [3.63, 3.8) is 0 Å².